The van der Waals surface area contributed by atoms with Crippen molar-refractivity contribution in [2.75, 3.05) is 41.5 Å². The van der Waals surface area contributed by atoms with E-state index >= 15 is 0 Å². The van der Waals surface area contributed by atoms with E-state index in [1.54, 1.807) is 12.3 Å². The van der Waals surface area contributed by atoms with E-state index in [4.69, 9.17) is 4.74 Å². The average molecular weight is 485 g/mol. The Morgan fingerprint density at radius 2 is 1.68 bits per heavy atom. The Hall–Kier alpha value is -3.38. The minimum absolute atomic E-state index is 0.275. The number of anilines is 5. The van der Waals surface area contributed by atoms with Crippen molar-refractivity contribution in [3.05, 3.63) is 47.8 Å². The molecule has 1 saturated heterocycles. The van der Waals surface area contributed by atoms with Gasteiger partial charge in [-0.15, -0.1) is 0 Å². The lowest BCUT2D eigenvalue weighted by molar-refractivity contribution is 0.0853. The Morgan fingerprint density at radius 3 is 2.35 bits per heavy atom. The average Bonchev–Trinajstić information content (AvgIpc) is 2.78. The smallest absolute Gasteiger partial charge is 0.232 e. The van der Waals surface area contributed by atoms with Crippen LogP contribution in [0.3, 0.4) is 0 Å². The van der Waals surface area contributed by atoms with E-state index in [2.05, 4.69) is 35.6 Å². The van der Waals surface area contributed by atoms with Gasteiger partial charge in [-0.25, -0.2) is 33.3 Å². The van der Waals surface area contributed by atoms with E-state index in [0.29, 0.717) is 48.0 Å². The summed E-state index contributed by atoms with van der Waals surface area (Å²) in [6.45, 7) is 5.08. The van der Waals surface area contributed by atoms with E-state index in [-0.39, 0.29) is 5.92 Å². The fraction of sp³-hybridized carbons (Fsp3) is 0.409. The molecule has 0 atom stereocenters. The highest BCUT2D eigenvalue weighted by Crippen LogP contribution is 2.34. The molecule has 0 bridgehead atoms. The van der Waals surface area contributed by atoms with Crippen molar-refractivity contribution in [1.29, 1.82) is 0 Å². The molecule has 1 fully saturated rings. The van der Waals surface area contributed by atoms with Crippen molar-refractivity contribution in [1.82, 2.24) is 24.9 Å². The number of hydrogen-bond donors (Lipinski definition) is 2. The second kappa shape index (κ2) is 9.85. The van der Waals surface area contributed by atoms with Gasteiger partial charge in [0.1, 0.15) is 29.6 Å². The molecule has 0 spiro atoms. The third kappa shape index (κ3) is 5.75. The Kier molecular flexibility index (Phi) is 6.89. The van der Waals surface area contributed by atoms with Crippen LogP contribution in [0.1, 0.15) is 35.8 Å². The van der Waals surface area contributed by atoms with Crippen LogP contribution in [-0.2, 0) is 14.8 Å². The molecule has 2 N–H and O–H groups in total. The first-order valence-electron chi connectivity index (χ1n) is 10.9. The first kappa shape index (κ1) is 23.8. The van der Waals surface area contributed by atoms with Crippen LogP contribution in [0, 0.1) is 13.8 Å². The summed E-state index contributed by atoms with van der Waals surface area (Å²) in [7, 11) is -1.99. The van der Waals surface area contributed by atoms with Crippen LogP contribution < -0.4 is 14.9 Å². The second-order valence-electron chi connectivity index (χ2n) is 8.23. The number of ether oxygens (including phenoxy) is 1. The first-order valence-corrected chi connectivity index (χ1v) is 12.7. The molecule has 180 valence electrons. The lowest BCUT2D eigenvalue weighted by Crippen LogP contribution is -2.26. The standard InChI is InChI=1S/C22H28N8O3S/c1-14-9-21(27-15(2)26-14)28-19-11-20(25-13-24-19)29-22-18(30(3)34(4,31)32)10-17(12-23-22)16-5-7-33-8-6-16/h9-13,16H,5-8H2,1-4H3,(H2,23,24,25,26,27,28,29). The Morgan fingerprint density at radius 1 is 0.971 bits per heavy atom. The van der Waals surface area contributed by atoms with Crippen molar-refractivity contribution < 1.29 is 13.2 Å². The molecule has 0 aromatic carbocycles. The molecule has 0 aliphatic carbocycles. The minimum Gasteiger partial charge on any atom is -0.381 e. The van der Waals surface area contributed by atoms with E-state index < -0.39 is 10.0 Å². The van der Waals surface area contributed by atoms with Crippen LogP contribution in [0.15, 0.2) is 30.7 Å². The van der Waals surface area contributed by atoms with Crippen molar-refractivity contribution >= 4 is 39.0 Å². The molecule has 0 radical (unpaired) electrons. The first-order chi connectivity index (χ1) is 16.2. The summed E-state index contributed by atoms with van der Waals surface area (Å²) in [4.78, 5) is 21.7. The van der Waals surface area contributed by atoms with Gasteiger partial charge in [0.15, 0.2) is 5.82 Å². The highest BCUT2D eigenvalue weighted by Gasteiger charge is 2.22. The van der Waals surface area contributed by atoms with Gasteiger partial charge in [0.2, 0.25) is 10.0 Å². The number of sulfonamides is 1. The predicted molar refractivity (Wildman–Crippen MR) is 130 cm³/mol. The Balaban J connectivity index is 1.63. The maximum absolute atomic E-state index is 12.3. The van der Waals surface area contributed by atoms with Crippen LogP contribution in [-0.4, -0.2) is 59.9 Å². The number of hydrogen-bond acceptors (Lipinski definition) is 10. The fourth-order valence-corrected chi connectivity index (χ4v) is 4.26. The quantitative estimate of drug-likeness (QED) is 0.515. The van der Waals surface area contributed by atoms with Crippen molar-refractivity contribution in [2.24, 2.45) is 0 Å². The van der Waals surface area contributed by atoms with Crippen molar-refractivity contribution in [3.8, 4) is 0 Å². The summed E-state index contributed by atoms with van der Waals surface area (Å²) in [6.07, 6.45) is 6.10. The molecular formula is C22H28N8O3S. The highest BCUT2D eigenvalue weighted by atomic mass is 32.2. The largest absolute Gasteiger partial charge is 0.381 e. The number of aryl methyl sites for hydroxylation is 2. The Bertz CT molecular complexity index is 1260. The van der Waals surface area contributed by atoms with Crippen LogP contribution >= 0.6 is 0 Å². The number of pyridine rings is 1. The monoisotopic (exact) mass is 484 g/mol. The van der Waals surface area contributed by atoms with Crippen LogP contribution in [0.5, 0.6) is 0 Å². The van der Waals surface area contributed by atoms with Gasteiger partial charge in [-0.05, 0) is 44.2 Å². The number of aromatic nitrogens is 5. The zero-order chi connectivity index (χ0) is 24.3. The van der Waals surface area contributed by atoms with E-state index in [1.165, 1.54) is 17.7 Å². The highest BCUT2D eigenvalue weighted by molar-refractivity contribution is 7.92. The normalized spacial score (nSPS) is 14.6. The van der Waals surface area contributed by atoms with Gasteiger partial charge in [-0.2, -0.15) is 0 Å². The van der Waals surface area contributed by atoms with Gasteiger partial charge in [0.25, 0.3) is 0 Å². The summed E-state index contributed by atoms with van der Waals surface area (Å²) < 4.78 is 31.4. The van der Waals surface area contributed by atoms with Gasteiger partial charge in [-0.1, -0.05) is 0 Å². The maximum Gasteiger partial charge on any atom is 0.232 e. The second-order valence-corrected chi connectivity index (χ2v) is 10.2. The van der Waals surface area contributed by atoms with E-state index in [0.717, 1.165) is 30.4 Å². The number of rotatable bonds is 7. The summed E-state index contributed by atoms with van der Waals surface area (Å²) in [6, 6.07) is 5.39. The zero-order valence-electron chi connectivity index (χ0n) is 19.6. The third-order valence-corrected chi connectivity index (χ3v) is 6.75. The number of nitrogens with one attached hydrogen (secondary N) is 2. The van der Waals surface area contributed by atoms with Crippen LogP contribution in [0.25, 0.3) is 0 Å². The van der Waals surface area contributed by atoms with Gasteiger partial charge in [0, 0.05) is 44.3 Å². The molecule has 4 heterocycles. The fourth-order valence-electron chi connectivity index (χ4n) is 3.77. The molecule has 11 nitrogen and oxygen atoms in total. The summed E-state index contributed by atoms with van der Waals surface area (Å²) in [5.41, 5.74) is 2.27. The van der Waals surface area contributed by atoms with Crippen molar-refractivity contribution in [2.45, 2.75) is 32.6 Å². The summed E-state index contributed by atoms with van der Waals surface area (Å²) in [5, 5.41) is 6.28. The lowest BCUT2D eigenvalue weighted by Gasteiger charge is -2.25. The van der Waals surface area contributed by atoms with Gasteiger partial charge in [-0.3, -0.25) is 4.31 Å². The molecule has 34 heavy (non-hydrogen) atoms. The molecule has 0 amide bonds. The molecule has 1 aliphatic heterocycles. The predicted octanol–water partition coefficient (Wildman–Crippen LogP) is 3.06. The summed E-state index contributed by atoms with van der Waals surface area (Å²) in [5.74, 6) is 2.89. The van der Waals surface area contributed by atoms with Gasteiger partial charge >= 0.3 is 0 Å². The Labute approximate surface area is 199 Å². The topological polar surface area (TPSA) is 135 Å². The number of nitrogens with zero attached hydrogens (tertiary/aromatic N) is 6. The molecule has 0 saturated carbocycles. The van der Waals surface area contributed by atoms with Gasteiger partial charge in [0.05, 0.1) is 11.9 Å². The lowest BCUT2D eigenvalue weighted by atomic mass is 9.93. The molecular weight excluding hydrogens is 456 g/mol. The van der Waals surface area contributed by atoms with Crippen molar-refractivity contribution in [3.63, 3.8) is 0 Å². The zero-order valence-corrected chi connectivity index (χ0v) is 20.4. The minimum atomic E-state index is -3.51. The molecule has 3 aromatic rings. The SMILES string of the molecule is Cc1cc(Nc2cc(Nc3ncc(C4CCOCC4)cc3N(C)S(C)(=O)=O)ncn2)nc(C)n1. The van der Waals surface area contributed by atoms with Crippen LogP contribution in [0.2, 0.25) is 0 Å². The molecule has 3 aromatic heterocycles. The van der Waals surface area contributed by atoms with E-state index in [1.807, 2.05) is 26.0 Å². The molecule has 1 aliphatic rings. The maximum atomic E-state index is 12.3. The molecule has 4 rings (SSSR count). The van der Waals surface area contributed by atoms with Gasteiger partial charge < -0.3 is 15.4 Å². The third-order valence-electron chi connectivity index (χ3n) is 5.55. The van der Waals surface area contributed by atoms with E-state index in [9.17, 15) is 8.42 Å². The molecule has 12 heteroatoms. The van der Waals surface area contributed by atoms with Crippen LogP contribution in [0.4, 0.5) is 29.0 Å². The molecule has 0 unspecified atom stereocenters. The summed E-state index contributed by atoms with van der Waals surface area (Å²) >= 11 is 0.